The molecule has 0 radical (unpaired) electrons. The molecule has 0 unspecified atom stereocenters. The fraction of sp³-hybridized carbons (Fsp3) is 0.222. The Labute approximate surface area is 165 Å². The lowest BCUT2D eigenvalue weighted by atomic mass is 10.1. The number of hydrogen-bond donors (Lipinski definition) is 2. The van der Waals surface area contributed by atoms with Gasteiger partial charge in [-0.25, -0.2) is 4.79 Å². The number of ether oxygens (including phenoxy) is 2. The molecule has 2 aromatic rings. The second-order valence-electron chi connectivity index (χ2n) is 5.24. The number of alkyl halides is 2. The average Bonchev–Trinajstić information content (AvgIpc) is 2.66. The lowest BCUT2D eigenvalue weighted by molar-refractivity contribution is 0.0597. The van der Waals surface area contributed by atoms with Crippen LogP contribution in [0.1, 0.15) is 15.9 Å². The van der Waals surface area contributed by atoms with Crippen molar-refractivity contribution >= 4 is 40.7 Å². The minimum Gasteiger partial charge on any atom is -0.496 e. The minimum atomic E-state index is -2.45. The molecule has 27 heavy (non-hydrogen) atoms. The van der Waals surface area contributed by atoms with Crippen molar-refractivity contribution in [1.29, 1.82) is 0 Å². The van der Waals surface area contributed by atoms with E-state index in [0.717, 1.165) is 5.56 Å². The summed E-state index contributed by atoms with van der Waals surface area (Å²) in [5, 5.41) is 6.35. The Balaban J connectivity index is 1.94. The number of nitrogens with one attached hydrogen (secondary N) is 2. The van der Waals surface area contributed by atoms with Gasteiger partial charge in [-0.05, 0) is 54.2 Å². The molecule has 5 nitrogen and oxygen atoms in total. The predicted molar refractivity (Wildman–Crippen MR) is 106 cm³/mol. The first kappa shape index (κ1) is 20.9. The Hall–Kier alpha value is -2.39. The number of esters is 1. The number of halogens is 2. The molecule has 0 saturated carbocycles. The molecule has 0 saturated heterocycles. The van der Waals surface area contributed by atoms with E-state index in [1.54, 1.807) is 42.5 Å². The largest absolute Gasteiger partial charge is 0.496 e. The summed E-state index contributed by atoms with van der Waals surface area (Å²) in [5.41, 5.74) is 1.81. The molecule has 0 aliphatic rings. The second kappa shape index (κ2) is 10.1. The highest BCUT2D eigenvalue weighted by Crippen LogP contribution is 2.26. The van der Waals surface area contributed by atoms with Gasteiger partial charge in [0.15, 0.2) is 5.11 Å². The summed E-state index contributed by atoms with van der Waals surface area (Å²) in [4.78, 5) is 12.3. The highest BCUT2D eigenvalue weighted by Gasteiger charge is 2.13. The van der Waals surface area contributed by atoms with Gasteiger partial charge >= 0.3 is 5.97 Å². The van der Waals surface area contributed by atoms with Gasteiger partial charge in [0, 0.05) is 17.1 Å². The van der Waals surface area contributed by atoms with Crippen LogP contribution in [-0.2, 0) is 11.3 Å². The van der Waals surface area contributed by atoms with Crippen LogP contribution < -0.4 is 15.4 Å². The normalized spacial score (nSPS) is 10.4. The van der Waals surface area contributed by atoms with Crippen LogP contribution in [0, 0.1) is 0 Å². The highest BCUT2D eigenvalue weighted by atomic mass is 32.2. The summed E-state index contributed by atoms with van der Waals surface area (Å²) in [6.07, 6.45) is 0. The first-order valence-corrected chi connectivity index (χ1v) is 9.06. The Morgan fingerprint density at radius 2 is 1.89 bits per heavy atom. The summed E-state index contributed by atoms with van der Waals surface area (Å²) in [6.45, 7) is 0.374. The third kappa shape index (κ3) is 6.37. The van der Waals surface area contributed by atoms with Crippen molar-refractivity contribution in [2.45, 2.75) is 17.2 Å². The molecule has 0 spiro atoms. The molecule has 9 heteroatoms. The molecule has 0 aliphatic heterocycles. The van der Waals surface area contributed by atoms with Gasteiger partial charge in [0.05, 0.1) is 14.2 Å². The topological polar surface area (TPSA) is 59.6 Å². The molecular weight excluding hydrogens is 394 g/mol. The smallest absolute Gasteiger partial charge is 0.341 e. The van der Waals surface area contributed by atoms with Gasteiger partial charge in [-0.2, -0.15) is 8.78 Å². The second-order valence-corrected chi connectivity index (χ2v) is 6.71. The van der Waals surface area contributed by atoms with Crippen LogP contribution in [0.5, 0.6) is 5.75 Å². The van der Waals surface area contributed by atoms with Crippen molar-refractivity contribution in [2.24, 2.45) is 0 Å². The van der Waals surface area contributed by atoms with Crippen LogP contribution in [0.4, 0.5) is 14.5 Å². The van der Waals surface area contributed by atoms with Crippen molar-refractivity contribution in [3.05, 3.63) is 53.6 Å². The van der Waals surface area contributed by atoms with Crippen molar-refractivity contribution in [1.82, 2.24) is 5.32 Å². The van der Waals surface area contributed by atoms with Crippen LogP contribution in [0.15, 0.2) is 47.4 Å². The third-order valence-electron chi connectivity index (χ3n) is 3.46. The van der Waals surface area contributed by atoms with Gasteiger partial charge in [-0.3, -0.25) is 0 Å². The number of thioether (sulfide) groups is 1. The fourth-order valence-corrected chi connectivity index (χ4v) is 2.90. The van der Waals surface area contributed by atoms with E-state index in [4.69, 9.17) is 21.7 Å². The molecule has 0 aliphatic carbocycles. The Morgan fingerprint density at radius 3 is 2.48 bits per heavy atom. The van der Waals surface area contributed by atoms with Gasteiger partial charge in [0.25, 0.3) is 5.76 Å². The van der Waals surface area contributed by atoms with Crippen LogP contribution in [0.3, 0.4) is 0 Å². The Bertz CT molecular complexity index is 802. The number of rotatable bonds is 7. The summed E-state index contributed by atoms with van der Waals surface area (Å²) < 4.78 is 34.5. The Kier molecular flexibility index (Phi) is 7.81. The van der Waals surface area contributed by atoms with Crippen molar-refractivity contribution < 1.29 is 23.0 Å². The standard InChI is InChI=1S/C18H18F2N2O3S2/c1-24-15-8-3-11(9-14(15)16(23)25-2)10-21-18(26)22-12-4-6-13(7-5-12)27-17(19)20/h3-9,17H,10H2,1-2H3,(H2,21,22,26). The number of methoxy groups -OCH3 is 2. The van der Waals surface area contributed by atoms with Crippen LogP contribution >= 0.6 is 24.0 Å². The van der Waals surface area contributed by atoms with Crippen LogP contribution in [-0.4, -0.2) is 31.1 Å². The molecule has 0 heterocycles. The Morgan fingerprint density at radius 1 is 1.19 bits per heavy atom. The maximum absolute atomic E-state index is 12.3. The summed E-state index contributed by atoms with van der Waals surface area (Å²) in [7, 11) is 2.78. The number of benzene rings is 2. The molecule has 144 valence electrons. The maximum atomic E-state index is 12.3. The number of anilines is 1. The number of thiocarbonyl (C=S) groups is 1. The molecule has 2 N–H and O–H groups in total. The van der Waals surface area contributed by atoms with Crippen LogP contribution in [0.25, 0.3) is 0 Å². The van der Waals surface area contributed by atoms with E-state index >= 15 is 0 Å². The fourth-order valence-electron chi connectivity index (χ4n) is 2.21. The SMILES string of the molecule is COC(=O)c1cc(CNC(=S)Nc2ccc(SC(F)F)cc2)ccc1OC. The van der Waals surface area contributed by atoms with Crippen molar-refractivity contribution in [2.75, 3.05) is 19.5 Å². The number of carbonyl (C=O) groups is 1. The van der Waals surface area contributed by atoms with Gasteiger partial charge < -0.3 is 20.1 Å². The third-order valence-corrected chi connectivity index (χ3v) is 4.43. The number of carbonyl (C=O) groups excluding carboxylic acids is 1. The van der Waals surface area contributed by atoms with E-state index in [1.165, 1.54) is 14.2 Å². The first-order valence-electron chi connectivity index (χ1n) is 7.78. The molecule has 0 bridgehead atoms. The predicted octanol–water partition coefficient (Wildman–Crippen LogP) is 4.28. The van der Waals surface area contributed by atoms with E-state index in [2.05, 4.69) is 10.6 Å². The lowest BCUT2D eigenvalue weighted by Crippen LogP contribution is -2.28. The summed E-state index contributed by atoms with van der Waals surface area (Å²) in [5.74, 6) is -2.52. The first-order chi connectivity index (χ1) is 12.9. The molecule has 0 amide bonds. The zero-order chi connectivity index (χ0) is 19.8. The zero-order valence-electron chi connectivity index (χ0n) is 14.6. The van der Waals surface area contributed by atoms with E-state index in [0.29, 0.717) is 45.3 Å². The zero-order valence-corrected chi connectivity index (χ0v) is 16.3. The molecule has 2 rings (SSSR count). The van der Waals surface area contributed by atoms with Gasteiger partial charge in [-0.15, -0.1) is 0 Å². The van der Waals surface area contributed by atoms with E-state index in [-0.39, 0.29) is 0 Å². The highest BCUT2D eigenvalue weighted by molar-refractivity contribution is 7.99. The summed E-state index contributed by atoms with van der Waals surface area (Å²) in [6, 6.07) is 11.7. The van der Waals surface area contributed by atoms with Gasteiger partial charge in [0.2, 0.25) is 0 Å². The molecule has 0 aromatic heterocycles. The van der Waals surface area contributed by atoms with Gasteiger partial charge in [0.1, 0.15) is 11.3 Å². The molecule has 0 fully saturated rings. The minimum absolute atomic E-state index is 0.324. The maximum Gasteiger partial charge on any atom is 0.341 e. The molecule has 0 atom stereocenters. The summed E-state index contributed by atoms with van der Waals surface area (Å²) >= 11 is 5.71. The van der Waals surface area contributed by atoms with Gasteiger partial charge in [-0.1, -0.05) is 17.8 Å². The van der Waals surface area contributed by atoms with E-state index in [1.807, 2.05) is 0 Å². The number of hydrogen-bond acceptors (Lipinski definition) is 5. The average molecular weight is 412 g/mol. The molecular formula is C18H18F2N2O3S2. The van der Waals surface area contributed by atoms with Crippen molar-refractivity contribution in [3.63, 3.8) is 0 Å². The lowest BCUT2D eigenvalue weighted by Gasteiger charge is -2.13. The molecule has 2 aromatic carbocycles. The van der Waals surface area contributed by atoms with Crippen molar-refractivity contribution in [3.8, 4) is 5.75 Å². The van der Waals surface area contributed by atoms with Crippen LogP contribution in [0.2, 0.25) is 0 Å². The quantitative estimate of drug-likeness (QED) is 0.400. The van der Waals surface area contributed by atoms with E-state index < -0.39 is 11.7 Å². The monoisotopic (exact) mass is 412 g/mol. The van der Waals surface area contributed by atoms with E-state index in [9.17, 15) is 13.6 Å².